The van der Waals surface area contributed by atoms with Gasteiger partial charge in [-0.25, -0.2) is 9.78 Å². The normalized spacial score (nSPS) is 11.0. The summed E-state index contributed by atoms with van der Waals surface area (Å²) in [6.45, 7) is 0. The molecule has 9 nitrogen and oxygen atoms in total. The maximum absolute atomic E-state index is 12.1. The van der Waals surface area contributed by atoms with Crippen LogP contribution in [0.15, 0.2) is 38.6 Å². The third-order valence-corrected chi connectivity index (χ3v) is 3.73. The molecule has 1 aromatic carbocycles. The van der Waals surface area contributed by atoms with Crippen molar-refractivity contribution in [3.63, 3.8) is 0 Å². The summed E-state index contributed by atoms with van der Waals surface area (Å²) >= 11 is 3.24. The van der Waals surface area contributed by atoms with E-state index in [2.05, 4.69) is 25.9 Å². The van der Waals surface area contributed by atoms with E-state index in [1.165, 1.54) is 40.4 Å². The Bertz CT molecular complexity index is 1010. The highest BCUT2D eigenvalue weighted by Crippen LogP contribution is 2.23. The first-order chi connectivity index (χ1) is 10.4. The summed E-state index contributed by atoms with van der Waals surface area (Å²) < 4.78 is 2.99. The number of hydrogen-bond donors (Lipinski definition) is 1. The van der Waals surface area contributed by atoms with Gasteiger partial charge in [0.15, 0.2) is 15.9 Å². The molecular weight excluding hydrogens is 358 g/mol. The zero-order chi connectivity index (χ0) is 16.0. The molecule has 112 valence electrons. The fourth-order valence-corrected chi connectivity index (χ4v) is 2.66. The number of fused-ring (bicyclic) bond motifs is 1. The molecule has 0 amide bonds. The van der Waals surface area contributed by atoms with Crippen molar-refractivity contribution in [2.24, 2.45) is 7.05 Å². The molecule has 0 aliphatic heterocycles. The van der Waals surface area contributed by atoms with E-state index in [0.29, 0.717) is 10.4 Å². The van der Waals surface area contributed by atoms with Gasteiger partial charge in [0.05, 0.1) is 4.92 Å². The number of aromatic amines is 1. The van der Waals surface area contributed by atoms with Crippen molar-refractivity contribution >= 4 is 32.8 Å². The molecule has 0 fully saturated rings. The largest absolute Gasteiger partial charge is 0.329 e. The lowest BCUT2D eigenvalue weighted by Gasteiger charge is -2.05. The summed E-state index contributed by atoms with van der Waals surface area (Å²) in [5.41, 5.74) is -0.343. The minimum absolute atomic E-state index is 0.0643. The van der Waals surface area contributed by atoms with Crippen molar-refractivity contribution < 1.29 is 4.92 Å². The smallest absolute Gasteiger partial charge is 0.281 e. The lowest BCUT2D eigenvalue weighted by Crippen LogP contribution is -2.29. The maximum atomic E-state index is 12.1. The molecule has 3 rings (SSSR count). The molecule has 1 N–H and O–H groups in total. The van der Waals surface area contributed by atoms with Gasteiger partial charge in [-0.05, 0) is 28.1 Å². The van der Waals surface area contributed by atoms with Crippen LogP contribution in [0.25, 0.3) is 16.9 Å². The van der Waals surface area contributed by atoms with Crippen molar-refractivity contribution in [3.8, 4) is 5.69 Å². The van der Waals surface area contributed by atoms with E-state index >= 15 is 0 Å². The Morgan fingerprint density at radius 3 is 2.50 bits per heavy atom. The molecule has 22 heavy (non-hydrogen) atoms. The van der Waals surface area contributed by atoms with Crippen LogP contribution in [-0.4, -0.2) is 24.0 Å². The standard InChI is InChI=1S/C12H8BrN5O4/c1-16-9-8(10(19)15-12(16)20)17(11(13)14-9)6-2-4-7(5-3-6)18(21)22/h2-5H,1H3,(H,15,19,20). The van der Waals surface area contributed by atoms with Crippen molar-refractivity contribution in [2.45, 2.75) is 0 Å². The van der Waals surface area contributed by atoms with E-state index in [1.807, 2.05) is 0 Å². The van der Waals surface area contributed by atoms with Gasteiger partial charge in [-0.15, -0.1) is 0 Å². The molecule has 0 bridgehead atoms. The number of aromatic nitrogens is 4. The quantitative estimate of drug-likeness (QED) is 0.414. The molecule has 0 atom stereocenters. The number of non-ortho nitro benzene ring substituents is 1. The van der Waals surface area contributed by atoms with Gasteiger partial charge in [0.25, 0.3) is 11.2 Å². The average Bonchev–Trinajstić information content (AvgIpc) is 2.83. The number of nitro groups is 1. The van der Waals surface area contributed by atoms with Gasteiger partial charge in [0.1, 0.15) is 0 Å². The van der Waals surface area contributed by atoms with Gasteiger partial charge in [0.2, 0.25) is 0 Å². The number of hydrogen-bond acceptors (Lipinski definition) is 5. The van der Waals surface area contributed by atoms with Crippen LogP contribution in [0, 0.1) is 10.1 Å². The van der Waals surface area contributed by atoms with Crippen LogP contribution >= 0.6 is 15.9 Å². The predicted octanol–water partition coefficient (Wildman–Crippen LogP) is 1.08. The summed E-state index contributed by atoms with van der Waals surface area (Å²) in [4.78, 5) is 40.2. The highest BCUT2D eigenvalue weighted by atomic mass is 79.9. The van der Waals surface area contributed by atoms with Gasteiger partial charge < -0.3 is 0 Å². The molecular formula is C12H8BrN5O4. The van der Waals surface area contributed by atoms with E-state index in [9.17, 15) is 19.7 Å². The molecule has 0 unspecified atom stereocenters. The first-order valence-electron chi connectivity index (χ1n) is 6.02. The number of halogens is 1. The van der Waals surface area contributed by atoms with Gasteiger partial charge in [0, 0.05) is 24.9 Å². The number of nitro benzene ring substituents is 1. The van der Waals surface area contributed by atoms with E-state index in [-0.39, 0.29) is 16.9 Å². The summed E-state index contributed by atoms with van der Waals surface area (Å²) in [6.07, 6.45) is 0. The monoisotopic (exact) mass is 365 g/mol. The van der Waals surface area contributed by atoms with Crippen molar-refractivity contribution in [3.05, 3.63) is 60.0 Å². The zero-order valence-electron chi connectivity index (χ0n) is 11.1. The maximum Gasteiger partial charge on any atom is 0.329 e. The van der Waals surface area contributed by atoms with Crippen LogP contribution in [-0.2, 0) is 7.05 Å². The molecule has 0 saturated carbocycles. The second-order valence-corrected chi connectivity index (χ2v) is 5.19. The molecule has 0 spiro atoms. The average molecular weight is 366 g/mol. The van der Waals surface area contributed by atoms with E-state index in [1.54, 1.807) is 0 Å². The van der Waals surface area contributed by atoms with Crippen molar-refractivity contribution in [1.82, 2.24) is 19.1 Å². The molecule has 3 aromatic rings. The summed E-state index contributed by atoms with van der Waals surface area (Å²) in [5.74, 6) is 0. The van der Waals surface area contributed by atoms with Gasteiger partial charge in [-0.1, -0.05) is 0 Å². The summed E-state index contributed by atoms with van der Waals surface area (Å²) in [7, 11) is 1.49. The SMILES string of the molecule is Cn1c(=O)[nH]c(=O)c2c1nc(Br)n2-c1ccc([N+](=O)[O-])cc1. The minimum Gasteiger partial charge on any atom is -0.281 e. The fraction of sp³-hybridized carbons (Fsp3) is 0.0833. The molecule has 0 saturated heterocycles. The molecule has 2 aromatic heterocycles. The van der Waals surface area contributed by atoms with Gasteiger partial charge in [-0.3, -0.25) is 29.0 Å². The zero-order valence-corrected chi connectivity index (χ0v) is 12.7. The topological polar surface area (TPSA) is 116 Å². The summed E-state index contributed by atoms with van der Waals surface area (Å²) in [5, 5.41) is 10.7. The number of aryl methyl sites for hydroxylation is 1. The molecule has 0 radical (unpaired) electrons. The van der Waals surface area contributed by atoms with E-state index < -0.39 is 16.2 Å². The highest BCUT2D eigenvalue weighted by molar-refractivity contribution is 9.10. The number of benzene rings is 1. The summed E-state index contributed by atoms with van der Waals surface area (Å²) in [6, 6.07) is 5.64. The first-order valence-corrected chi connectivity index (χ1v) is 6.81. The number of imidazole rings is 1. The molecule has 0 aliphatic carbocycles. The van der Waals surface area contributed by atoms with Crippen LogP contribution in [0.4, 0.5) is 5.69 Å². The minimum atomic E-state index is -0.588. The first kappa shape index (κ1) is 14.2. The van der Waals surface area contributed by atoms with Gasteiger partial charge >= 0.3 is 5.69 Å². The number of nitrogens with zero attached hydrogens (tertiary/aromatic N) is 4. The van der Waals surface area contributed by atoms with Crippen LogP contribution in [0.3, 0.4) is 0 Å². The Morgan fingerprint density at radius 1 is 1.27 bits per heavy atom. The van der Waals surface area contributed by atoms with Crippen LogP contribution in [0.1, 0.15) is 0 Å². The van der Waals surface area contributed by atoms with Crippen molar-refractivity contribution in [1.29, 1.82) is 0 Å². The second kappa shape index (κ2) is 4.91. The fourth-order valence-electron chi connectivity index (χ4n) is 2.11. The lowest BCUT2D eigenvalue weighted by atomic mass is 10.3. The number of nitrogens with one attached hydrogen (secondary N) is 1. The Morgan fingerprint density at radius 2 is 1.91 bits per heavy atom. The van der Waals surface area contributed by atoms with Crippen molar-refractivity contribution in [2.75, 3.05) is 0 Å². The molecule has 2 heterocycles. The Labute approximate surface area is 130 Å². The van der Waals surface area contributed by atoms with Gasteiger partial charge in [-0.2, -0.15) is 0 Å². The second-order valence-electron chi connectivity index (χ2n) is 4.48. The third-order valence-electron chi connectivity index (χ3n) is 3.19. The third kappa shape index (κ3) is 2.04. The van der Waals surface area contributed by atoms with Crippen LogP contribution in [0.5, 0.6) is 0 Å². The predicted molar refractivity (Wildman–Crippen MR) is 81.3 cm³/mol. The number of rotatable bonds is 2. The Hall–Kier alpha value is -2.75. The van der Waals surface area contributed by atoms with Crippen LogP contribution < -0.4 is 11.2 Å². The lowest BCUT2D eigenvalue weighted by molar-refractivity contribution is -0.384. The van der Waals surface area contributed by atoms with E-state index in [0.717, 1.165) is 0 Å². The Balaban J connectivity index is 2.34. The van der Waals surface area contributed by atoms with Crippen LogP contribution in [0.2, 0.25) is 0 Å². The Kier molecular flexibility index (Phi) is 3.17. The highest BCUT2D eigenvalue weighted by Gasteiger charge is 2.17. The molecule has 0 aliphatic rings. The van der Waals surface area contributed by atoms with E-state index in [4.69, 9.17) is 0 Å². The molecule has 10 heteroatoms. The number of H-pyrrole nitrogens is 1.